The molecule has 19 heavy (non-hydrogen) atoms. The third kappa shape index (κ3) is 2.03. The molecule has 0 spiro atoms. The van der Waals surface area contributed by atoms with Crippen LogP contribution in [0.2, 0.25) is 0 Å². The molecule has 2 aromatic heterocycles. The van der Waals surface area contributed by atoms with Crippen LogP contribution in [-0.4, -0.2) is 9.55 Å². The first-order valence-electron chi connectivity index (χ1n) is 6.29. The zero-order valence-electron chi connectivity index (χ0n) is 10.7. The topological polar surface area (TPSA) is 69.0 Å². The Hall–Kier alpha value is -2.11. The van der Waals surface area contributed by atoms with Gasteiger partial charge < -0.3 is 8.98 Å². The van der Waals surface area contributed by atoms with E-state index in [0.29, 0.717) is 0 Å². The Bertz CT molecular complexity index is 652. The van der Waals surface area contributed by atoms with Crippen molar-refractivity contribution < 1.29 is 4.42 Å². The van der Waals surface area contributed by atoms with E-state index in [1.807, 2.05) is 41.1 Å². The first kappa shape index (κ1) is 12.0. The molecule has 0 aliphatic rings. The number of nitrogens with one attached hydrogen (secondary N) is 1. The number of rotatable bonds is 4. The molecule has 3 aromatic rings. The van der Waals surface area contributed by atoms with Crippen molar-refractivity contribution in [3.63, 3.8) is 0 Å². The normalized spacial score (nSPS) is 12.9. The first-order valence-corrected chi connectivity index (χ1v) is 6.29. The highest BCUT2D eigenvalue weighted by atomic mass is 16.3. The zero-order chi connectivity index (χ0) is 13.2. The minimum Gasteiger partial charge on any atom is -0.459 e. The predicted octanol–water partition coefficient (Wildman–Crippen LogP) is 2.20. The Morgan fingerprint density at radius 1 is 1.42 bits per heavy atom. The fourth-order valence-electron chi connectivity index (χ4n) is 2.28. The predicted molar refractivity (Wildman–Crippen MR) is 73.3 cm³/mol. The van der Waals surface area contributed by atoms with Gasteiger partial charge in [0.25, 0.3) is 0 Å². The minimum atomic E-state index is -0.248. The number of imidazole rings is 1. The van der Waals surface area contributed by atoms with Crippen LogP contribution in [0.1, 0.15) is 24.6 Å². The second-order valence-electron chi connectivity index (χ2n) is 4.36. The van der Waals surface area contributed by atoms with E-state index in [9.17, 15) is 0 Å². The molecule has 0 saturated heterocycles. The number of furan rings is 1. The number of nitrogens with two attached hydrogens (primary N) is 1. The van der Waals surface area contributed by atoms with Crippen LogP contribution in [-0.2, 0) is 6.54 Å². The zero-order valence-corrected chi connectivity index (χ0v) is 10.7. The summed E-state index contributed by atoms with van der Waals surface area (Å²) in [7, 11) is 0. The van der Waals surface area contributed by atoms with Crippen LogP contribution >= 0.6 is 0 Å². The number of aromatic nitrogens is 2. The highest BCUT2D eigenvalue weighted by Crippen LogP contribution is 2.26. The molecule has 98 valence electrons. The molecule has 0 bridgehead atoms. The van der Waals surface area contributed by atoms with Crippen LogP contribution in [0.25, 0.3) is 11.0 Å². The standard InChI is InChI=1S/C14H16N4O/c1-2-18-8-7-16-14(18)13(17-15)12-9-10-5-3-4-6-11(10)19-12/h3-9,13,17H,2,15H2,1H3. The summed E-state index contributed by atoms with van der Waals surface area (Å²) < 4.78 is 7.89. The highest BCUT2D eigenvalue weighted by Gasteiger charge is 2.21. The molecule has 3 N–H and O–H groups in total. The molecule has 0 saturated carbocycles. The molecule has 1 unspecified atom stereocenters. The number of hydrogen-bond donors (Lipinski definition) is 2. The smallest absolute Gasteiger partial charge is 0.137 e. The molecule has 0 radical (unpaired) electrons. The van der Waals surface area contributed by atoms with E-state index >= 15 is 0 Å². The van der Waals surface area contributed by atoms with Crippen molar-refractivity contribution in [2.75, 3.05) is 0 Å². The number of benzene rings is 1. The van der Waals surface area contributed by atoms with Crippen LogP contribution < -0.4 is 11.3 Å². The summed E-state index contributed by atoms with van der Waals surface area (Å²) in [5.41, 5.74) is 3.63. The lowest BCUT2D eigenvalue weighted by Crippen LogP contribution is -2.30. The van der Waals surface area contributed by atoms with Gasteiger partial charge in [0.2, 0.25) is 0 Å². The van der Waals surface area contributed by atoms with E-state index < -0.39 is 0 Å². The Morgan fingerprint density at radius 2 is 2.26 bits per heavy atom. The number of fused-ring (bicyclic) bond motifs is 1. The molecule has 5 heteroatoms. The van der Waals surface area contributed by atoms with Gasteiger partial charge in [-0.3, -0.25) is 5.84 Å². The van der Waals surface area contributed by atoms with E-state index in [1.165, 1.54) is 0 Å². The number of aryl methyl sites for hydroxylation is 1. The molecule has 1 atom stereocenters. The van der Waals surface area contributed by atoms with Crippen molar-refractivity contribution in [2.45, 2.75) is 19.5 Å². The summed E-state index contributed by atoms with van der Waals surface area (Å²) in [6.45, 7) is 2.91. The van der Waals surface area contributed by atoms with Gasteiger partial charge in [0, 0.05) is 24.3 Å². The third-order valence-corrected chi connectivity index (χ3v) is 3.24. The molecule has 3 rings (SSSR count). The summed E-state index contributed by atoms with van der Waals surface area (Å²) in [5, 5.41) is 1.06. The minimum absolute atomic E-state index is 0.248. The van der Waals surface area contributed by atoms with Gasteiger partial charge in [0.15, 0.2) is 0 Å². The van der Waals surface area contributed by atoms with Crippen LogP contribution in [0.15, 0.2) is 47.1 Å². The molecule has 5 nitrogen and oxygen atoms in total. The van der Waals surface area contributed by atoms with Crippen molar-refractivity contribution in [2.24, 2.45) is 5.84 Å². The van der Waals surface area contributed by atoms with Gasteiger partial charge in [-0.2, -0.15) is 0 Å². The average Bonchev–Trinajstić information content (AvgIpc) is 3.05. The summed E-state index contributed by atoms with van der Waals surface area (Å²) in [4.78, 5) is 4.37. The van der Waals surface area contributed by atoms with Crippen LogP contribution in [0.3, 0.4) is 0 Å². The second-order valence-corrected chi connectivity index (χ2v) is 4.36. The first-order chi connectivity index (χ1) is 9.33. The molecule has 0 fully saturated rings. The van der Waals surface area contributed by atoms with Gasteiger partial charge in [-0.15, -0.1) is 0 Å². The van der Waals surface area contributed by atoms with E-state index in [0.717, 1.165) is 29.1 Å². The second kappa shape index (κ2) is 4.87. The SMILES string of the molecule is CCn1ccnc1C(NN)c1cc2ccccc2o1. The van der Waals surface area contributed by atoms with Gasteiger partial charge in [0.1, 0.15) is 23.2 Å². The summed E-state index contributed by atoms with van der Waals surface area (Å²) in [6.07, 6.45) is 3.70. The summed E-state index contributed by atoms with van der Waals surface area (Å²) >= 11 is 0. The fourth-order valence-corrected chi connectivity index (χ4v) is 2.28. The fraction of sp³-hybridized carbons (Fsp3) is 0.214. The van der Waals surface area contributed by atoms with Crippen LogP contribution in [0, 0.1) is 0 Å². The number of hydrazine groups is 1. The maximum Gasteiger partial charge on any atom is 0.137 e. The summed E-state index contributed by atoms with van der Waals surface area (Å²) in [5.74, 6) is 7.30. The van der Waals surface area contributed by atoms with E-state index in [-0.39, 0.29) is 6.04 Å². The van der Waals surface area contributed by atoms with Crippen molar-refractivity contribution in [1.82, 2.24) is 15.0 Å². The van der Waals surface area contributed by atoms with Crippen LogP contribution in [0.5, 0.6) is 0 Å². The van der Waals surface area contributed by atoms with Crippen molar-refractivity contribution in [3.05, 3.63) is 54.3 Å². The van der Waals surface area contributed by atoms with Gasteiger partial charge in [-0.1, -0.05) is 18.2 Å². The lowest BCUT2D eigenvalue weighted by Gasteiger charge is -2.14. The van der Waals surface area contributed by atoms with Gasteiger partial charge >= 0.3 is 0 Å². The number of hydrogen-bond acceptors (Lipinski definition) is 4. The third-order valence-electron chi connectivity index (χ3n) is 3.24. The Balaban J connectivity index is 2.06. The molecular weight excluding hydrogens is 240 g/mol. The largest absolute Gasteiger partial charge is 0.459 e. The van der Waals surface area contributed by atoms with Crippen molar-refractivity contribution >= 4 is 11.0 Å². The Labute approximate surface area is 111 Å². The quantitative estimate of drug-likeness (QED) is 0.554. The molecule has 2 heterocycles. The van der Waals surface area contributed by atoms with Gasteiger partial charge in [-0.25, -0.2) is 10.4 Å². The molecule has 1 aromatic carbocycles. The molecular formula is C14H16N4O. The molecule has 0 amide bonds. The Kier molecular flexibility index (Phi) is 3.06. The monoisotopic (exact) mass is 256 g/mol. The lowest BCUT2D eigenvalue weighted by atomic mass is 10.2. The van der Waals surface area contributed by atoms with Crippen molar-refractivity contribution in [3.8, 4) is 0 Å². The molecule has 0 aliphatic heterocycles. The van der Waals surface area contributed by atoms with Gasteiger partial charge in [0.05, 0.1) is 0 Å². The lowest BCUT2D eigenvalue weighted by molar-refractivity contribution is 0.452. The van der Waals surface area contributed by atoms with Gasteiger partial charge in [-0.05, 0) is 19.1 Å². The average molecular weight is 256 g/mol. The molecule has 0 aliphatic carbocycles. The summed E-state index contributed by atoms with van der Waals surface area (Å²) in [6, 6.07) is 9.64. The van der Waals surface area contributed by atoms with E-state index in [4.69, 9.17) is 10.3 Å². The van der Waals surface area contributed by atoms with E-state index in [2.05, 4.69) is 17.3 Å². The Morgan fingerprint density at radius 3 is 3.00 bits per heavy atom. The van der Waals surface area contributed by atoms with Crippen LogP contribution in [0.4, 0.5) is 0 Å². The maximum absolute atomic E-state index is 5.85. The number of nitrogens with zero attached hydrogens (tertiary/aromatic N) is 2. The van der Waals surface area contributed by atoms with Crippen molar-refractivity contribution in [1.29, 1.82) is 0 Å². The highest BCUT2D eigenvalue weighted by molar-refractivity contribution is 5.77. The van der Waals surface area contributed by atoms with E-state index in [1.54, 1.807) is 6.20 Å². The maximum atomic E-state index is 5.85. The number of para-hydroxylation sites is 1.